The first kappa shape index (κ1) is 22.7. The number of fused-ring (bicyclic) bond motifs is 3. The van der Waals surface area contributed by atoms with Crippen LogP contribution in [0.1, 0.15) is 79.4 Å². The van der Waals surface area contributed by atoms with Crippen molar-refractivity contribution < 1.29 is 22.7 Å². The molecule has 2 aromatic rings. The fraction of sp³-hybridized carbons (Fsp3) is 0.615. The van der Waals surface area contributed by atoms with Crippen molar-refractivity contribution in [1.82, 2.24) is 15.1 Å². The first-order valence-corrected chi connectivity index (χ1v) is 12.6. The van der Waals surface area contributed by atoms with Crippen LogP contribution in [-0.2, 0) is 0 Å². The third-order valence-electron chi connectivity index (χ3n) is 8.85. The van der Waals surface area contributed by atoms with E-state index in [0.29, 0.717) is 29.1 Å². The highest BCUT2D eigenvalue weighted by Gasteiger charge is 2.53. The summed E-state index contributed by atoms with van der Waals surface area (Å²) in [6.07, 6.45) is 4.41. The maximum Gasteiger partial charge on any atom is 0.410 e. The molecule has 3 bridgehead atoms. The molecule has 0 spiro atoms. The zero-order valence-electron chi connectivity index (χ0n) is 19.8. The van der Waals surface area contributed by atoms with Gasteiger partial charge in [-0.05, 0) is 49.5 Å². The molecule has 3 fully saturated rings. The number of carbonyl (C=O) groups is 1. The van der Waals surface area contributed by atoms with Crippen molar-refractivity contribution in [3.05, 3.63) is 41.6 Å². The number of amides is 1. The normalized spacial score (nSPS) is 33.5. The highest BCUT2D eigenvalue weighted by atomic mass is 19.4. The molecule has 1 aromatic carbocycles. The molecule has 1 aromatic heterocycles. The summed E-state index contributed by atoms with van der Waals surface area (Å²) >= 11 is 0. The van der Waals surface area contributed by atoms with Crippen LogP contribution in [0, 0.1) is 17.8 Å². The average Bonchev–Trinajstić information content (AvgIpc) is 3.31. The largest absolute Gasteiger partial charge is 0.496 e. The van der Waals surface area contributed by atoms with Crippen molar-refractivity contribution in [1.29, 1.82) is 0 Å². The highest BCUT2D eigenvalue weighted by molar-refractivity contribution is 5.99. The van der Waals surface area contributed by atoms with Gasteiger partial charge in [-0.3, -0.25) is 4.79 Å². The van der Waals surface area contributed by atoms with Crippen molar-refractivity contribution in [3.8, 4) is 5.75 Å². The van der Waals surface area contributed by atoms with Crippen molar-refractivity contribution in [2.75, 3.05) is 12.4 Å². The van der Waals surface area contributed by atoms with Gasteiger partial charge in [-0.15, -0.1) is 0 Å². The number of ether oxygens (including phenoxy) is 1. The Balaban J connectivity index is 1.32. The third-order valence-corrected chi connectivity index (χ3v) is 8.85. The molecule has 0 radical (unpaired) electrons. The number of hydrogen-bond donors (Lipinski definition) is 2. The van der Waals surface area contributed by atoms with E-state index in [1.54, 1.807) is 24.3 Å². The van der Waals surface area contributed by atoms with E-state index >= 15 is 0 Å². The summed E-state index contributed by atoms with van der Waals surface area (Å²) in [4.78, 5) is 13.6. The maximum atomic E-state index is 14.1. The van der Waals surface area contributed by atoms with Crippen molar-refractivity contribution in [2.24, 2.45) is 17.8 Å². The number of hydrogen-bond acceptors (Lipinski definition) is 4. The highest BCUT2D eigenvalue weighted by Crippen LogP contribution is 2.55. The van der Waals surface area contributed by atoms with E-state index in [0.717, 1.165) is 23.9 Å². The third kappa shape index (κ3) is 3.87. The number of para-hydroxylation sites is 1. The lowest BCUT2D eigenvalue weighted by atomic mass is 9.75. The van der Waals surface area contributed by atoms with E-state index in [1.165, 1.54) is 39.0 Å². The molecule has 6 rings (SSSR count). The van der Waals surface area contributed by atoms with E-state index in [1.807, 2.05) is 0 Å². The molecule has 9 heteroatoms. The van der Waals surface area contributed by atoms with E-state index in [2.05, 4.69) is 15.7 Å². The van der Waals surface area contributed by atoms with E-state index in [-0.39, 0.29) is 29.2 Å². The Morgan fingerprint density at radius 1 is 1.17 bits per heavy atom. The maximum absolute atomic E-state index is 14.1. The van der Waals surface area contributed by atoms with Crippen LogP contribution in [0.3, 0.4) is 0 Å². The van der Waals surface area contributed by atoms with Crippen LogP contribution in [0.2, 0.25) is 0 Å². The Morgan fingerprint density at radius 3 is 2.77 bits per heavy atom. The van der Waals surface area contributed by atoms with E-state index in [4.69, 9.17) is 4.74 Å². The summed E-state index contributed by atoms with van der Waals surface area (Å²) in [6, 6.07) is 4.54. The summed E-state index contributed by atoms with van der Waals surface area (Å²) < 4.78 is 48.7. The Labute approximate surface area is 202 Å². The van der Waals surface area contributed by atoms with Gasteiger partial charge < -0.3 is 15.4 Å². The average molecular weight is 489 g/mol. The van der Waals surface area contributed by atoms with Crippen LogP contribution >= 0.6 is 0 Å². The van der Waals surface area contributed by atoms with Gasteiger partial charge in [-0.2, -0.15) is 18.3 Å². The number of carbonyl (C=O) groups excluding carboxylic acids is 1. The van der Waals surface area contributed by atoms with Gasteiger partial charge in [0, 0.05) is 17.5 Å². The number of aromatic nitrogens is 2. The molecule has 3 aliphatic carbocycles. The van der Waals surface area contributed by atoms with Gasteiger partial charge in [-0.25, -0.2) is 4.68 Å². The molecular weight excluding hydrogens is 457 g/mol. The zero-order chi connectivity index (χ0) is 24.4. The van der Waals surface area contributed by atoms with Gasteiger partial charge in [0.2, 0.25) is 0 Å². The summed E-state index contributed by atoms with van der Waals surface area (Å²) in [5, 5.41) is 10.5. The summed E-state index contributed by atoms with van der Waals surface area (Å²) in [7, 11) is 1.50. The molecule has 4 aliphatic rings. The van der Waals surface area contributed by atoms with Crippen LogP contribution in [0.15, 0.2) is 30.5 Å². The minimum absolute atomic E-state index is 0.119. The molecule has 35 heavy (non-hydrogen) atoms. The number of nitrogens with zero attached hydrogens (tertiary/aromatic N) is 2. The van der Waals surface area contributed by atoms with Crippen LogP contribution in [-0.4, -0.2) is 34.5 Å². The Morgan fingerprint density at radius 2 is 1.97 bits per heavy atom. The lowest BCUT2D eigenvalue weighted by Gasteiger charge is -2.39. The van der Waals surface area contributed by atoms with Crippen molar-refractivity contribution in [3.63, 3.8) is 0 Å². The van der Waals surface area contributed by atoms with Gasteiger partial charge in [0.25, 0.3) is 5.91 Å². The summed E-state index contributed by atoms with van der Waals surface area (Å²) in [5.41, 5.74) is 0.554. The van der Waals surface area contributed by atoms with Crippen molar-refractivity contribution >= 4 is 11.7 Å². The molecule has 2 N–H and O–H groups in total. The first-order valence-electron chi connectivity index (χ1n) is 12.6. The number of anilines is 1. The standard InChI is InChI=1S/C26H31F3N4O2/c1-35-21-8-3-2-7-18(21)20-10-22(26(27,28)29)33-23(31-20)19(14-30-33)24(34)32-25-11-15-5-4-6-16(12-25)17(9-15)13-25/h2-3,7-8,14-17,20,22,31H,4-6,9-13H2,1H3,(H,32,34). The van der Waals surface area contributed by atoms with Gasteiger partial charge in [0.1, 0.15) is 17.1 Å². The van der Waals surface area contributed by atoms with E-state index in [9.17, 15) is 18.0 Å². The lowest BCUT2D eigenvalue weighted by Crippen LogP contribution is -2.50. The quantitative estimate of drug-likeness (QED) is 0.585. The molecule has 1 amide bonds. The fourth-order valence-electron chi connectivity index (χ4n) is 7.50. The predicted molar refractivity (Wildman–Crippen MR) is 124 cm³/mol. The van der Waals surface area contributed by atoms with Crippen LogP contribution < -0.4 is 15.4 Å². The van der Waals surface area contributed by atoms with E-state index < -0.39 is 18.3 Å². The second-order valence-corrected chi connectivity index (χ2v) is 11.0. The summed E-state index contributed by atoms with van der Waals surface area (Å²) in [5.74, 6) is 2.22. The van der Waals surface area contributed by atoms with Crippen molar-refractivity contribution in [2.45, 2.75) is 75.2 Å². The van der Waals surface area contributed by atoms with Gasteiger partial charge >= 0.3 is 6.18 Å². The number of nitrogens with one attached hydrogen (secondary N) is 2. The fourth-order valence-corrected chi connectivity index (χ4v) is 7.50. The smallest absolute Gasteiger partial charge is 0.410 e. The first-order chi connectivity index (χ1) is 16.8. The monoisotopic (exact) mass is 488 g/mol. The molecular formula is C26H31F3N4O2. The number of alkyl halides is 3. The molecule has 6 nitrogen and oxygen atoms in total. The molecule has 1 aliphatic heterocycles. The molecule has 3 saturated carbocycles. The van der Waals surface area contributed by atoms with Gasteiger partial charge in [-0.1, -0.05) is 37.5 Å². The topological polar surface area (TPSA) is 68.2 Å². The second kappa shape index (κ2) is 8.17. The number of benzene rings is 1. The van der Waals surface area contributed by atoms with Crippen LogP contribution in [0.4, 0.5) is 19.0 Å². The van der Waals surface area contributed by atoms with Gasteiger partial charge in [0.05, 0.1) is 19.3 Å². The minimum atomic E-state index is -4.50. The SMILES string of the molecule is COc1ccccc1C1CC(C(F)(F)F)n2ncc(C(=O)NC34CC5CCCC(C3)C(C5)C4)c2N1. The molecule has 2 heterocycles. The Bertz CT molecular complexity index is 1130. The second-order valence-electron chi connectivity index (χ2n) is 11.0. The molecule has 6 atom stereocenters. The molecule has 188 valence electrons. The van der Waals surface area contributed by atoms with Gasteiger partial charge in [0.15, 0.2) is 6.04 Å². The number of methoxy groups -OCH3 is 1. The molecule has 6 unspecified atom stereocenters. The predicted octanol–water partition coefficient (Wildman–Crippen LogP) is 5.64. The minimum Gasteiger partial charge on any atom is -0.496 e. The summed E-state index contributed by atoms with van der Waals surface area (Å²) in [6.45, 7) is 0. The van der Waals surface area contributed by atoms with Crippen LogP contribution in [0.25, 0.3) is 0 Å². The van der Waals surface area contributed by atoms with Crippen LogP contribution in [0.5, 0.6) is 5.75 Å². The molecule has 0 saturated heterocycles. The number of halogens is 3. The Hall–Kier alpha value is -2.71. The lowest BCUT2D eigenvalue weighted by molar-refractivity contribution is -0.173. The zero-order valence-corrected chi connectivity index (χ0v) is 19.8. The number of rotatable bonds is 4. The Kier molecular flexibility index (Phi) is 5.30.